The summed E-state index contributed by atoms with van der Waals surface area (Å²) in [6.45, 7) is 3.94. The lowest BCUT2D eigenvalue weighted by Crippen LogP contribution is -2.23. The molecule has 2 aromatic carbocycles. The van der Waals surface area contributed by atoms with Gasteiger partial charge in [0.1, 0.15) is 5.75 Å². The molecular weight excluding hydrogens is 334 g/mol. The van der Waals surface area contributed by atoms with Crippen molar-refractivity contribution >= 4 is 9.84 Å². The van der Waals surface area contributed by atoms with Crippen LogP contribution in [0.4, 0.5) is 0 Å². The van der Waals surface area contributed by atoms with Crippen molar-refractivity contribution in [2.45, 2.75) is 23.7 Å². The molecule has 0 amide bonds. The van der Waals surface area contributed by atoms with Crippen LogP contribution in [0.2, 0.25) is 0 Å². The summed E-state index contributed by atoms with van der Waals surface area (Å²) in [4.78, 5) is 2.82. The smallest absolute Gasteiger partial charge is 0.175 e. The lowest BCUT2D eigenvalue weighted by molar-refractivity contribution is 0.262. The molecule has 0 N–H and O–H groups in total. The second-order valence-corrected chi connectivity index (χ2v) is 8.66. The predicted molar refractivity (Wildman–Crippen MR) is 99.9 cm³/mol. The van der Waals surface area contributed by atoms with Crippen LogP contribution in [0, 0.1) is 0 Å². The molecule has 0 radical (unpaired) electrons. The number of nitrogens with zero attached hydrogens (tertiary/aromatic N) is 1. The molecule has 0 aromatic heterocycles. The fourth-order valence-corrected chi connectivity index (χ4v) is 3.92. The van der Waals surface area contributed by atoms with Crippen molar-refractivity contribution in [3.8, 4) is 5.75 Å². The van der Waals surface area contributed by atoms with Crippen LogP contribution >= 0.6 is 0 Å². The third kappa shape index (κ3) is 5.06. The highest BCUT2D eigenvalue weighted by molar-refractivity contribution is 7.90. The lowest BCUT2D eigenvalue weighted by atomic mass is 9.99. The minimum Gasteiger partial charge on any atom is -0.494 e. The zero-order chi connectivity index (χ0) is 17.7. The van der Waals surface area contributed by atoms with Crippen LogP contribution in [0.3, 0.4) is 0 Å². The molecular formula is C20H25NO3S. The largest absolute Gasteiger partial charge is 0.494 e. The molecule has 5 heteroatoms. The summed E-state index contributed by atoms with van der Waals surface area (Å²) >= 11 is 0. The Morgan fingerprint density at radius 3 is 2.48 bits per heavy atom. The van der Waals surface area contributed by atoms with E-state index in [1.807, 2.05) is 0 Å². The molecule has 1 unspecified atom stereocenters. The van der Waals surface area contributed by atoms with Gasteiger partial charge in [-0.3, -0.25) is 0 Å². The quantitative estimate of drug-likeness (QED) is 0.711. The molecule has 134 valence electrons. The van der Waals surface area contributed by atoms with Crippen molar-refractivity contribution in [1.29, 1.82) is 0 Å². The van der Waals surface area contributed by atoms with Gasteiger partial charge in [-0.1, -0.05) is 30.3 Å². The van der Waals surface area contributed by atoms with Gasteiger partial charge in [-0.2, -0.15) is 0 Å². The van der Waals surface area contributed by atoms with Crippen LogP contribution in [0.25, 0.3) is 0 Å². The van der Waals surface area contributed by atoms with Gasteiger partial charge in [-0.25, -0.2) is 8.42 Å². The normalized spacial score (nSPS) is 18.4. The minimum absolute atomic E-state index is 0.323. The molecule has 0 bridgehead atoms. The van der Waals surface area contributed by atoms with E-state index in [9.17, 15) is 8.42 Å². The minimum atomic E-state index is -3.15. The Balaban J connectivity index is 1.39. The van der Waals surface area contributed by atoms with Gasteiger partial charge in [-0.15, -0.1) is 0 Å². The van der Waals surface area contributed by atoms with Crippen molar-refractivity contribution in [3.05, 3.63) is 60.2 Å². The van der Waals surface area contributed by atoms with Gasteiger partial charge in [0, 0.05) is 19.3 Å². The number of ether oxygens (including phenoxy) is 1. The molecule has 0 aliphatic carbocycles. The molecule has 4 nitrogen and oxygen atoms in total. The van der Waals surface area contributed by atoms with Crippen LogP contribution in [0.1, 0.15) is 24.3 Å². The molecule has 1 saturated heterocycles. The first-order valence-electron chi connectivity index (χ1n) is 8.72. The molecule has 1 heterocycles. The molecule has 3 rings (SSSR count). The number of hydrogen-bond donors (Lipinski definition) is 0. The highest BCUT2D eigenvalue weighted by Gasteiger charge is 2.22. The Hall–Kier alpha value is -1.85. The number of benzene rings is 2. The summed E-state index contributed by atoms with van der Waals surface area (Å²) < 4.78 is 28.6. The van der Waals surface area contributed by atoms with E-state index in [1.165, 1.54) is 18.2 Å². The Kier molecular flexibility index (Phi) is 5.76. The summed E-state index contributed by atoms with van der Waals surface area (Å²) in [6.07, 6.45) is 3.40. The average molecular weight is 359 g/mol. The van der Waals surface area contributed by atoms with Crippen LogP contribution in [0.5, 0.6) is 5.75 Å². The molecule has 1 aliphatic heterocycles. The summed E-state index contributed by atoms with van der Waals surface area (Å²) in [6, 6.07) is 17.4. The topological polar surface area (TPSA) is 46.6 Å². The van der Waals surface area contributed by atoms with E-state index in [-0.39, 0.29) is 0 Å². The average Bonchev–Trinajstić information content (AvgIpc) is 3.08. The van der Waals surface area contributed by atoms with Crippen LogP contribution < -0.4 is 4.74 Å². The highest BCUT2D eigenvalue weighted by Crippen LogP contribution is 2.26. The molecule has 1 atom stereocenters. The molecule has 25 heavy (non-hydrogen) atoms. The monoisotopic (exact) mass is 359 g/mol. The molecule has 0 spiro atoms. The first kappa shape index (κ1) is 18.0. The van der Waals surface area contributed by atoms with Gasteiger partial charge in [0.2, 0.25) is 0 Å². The van der Waals surface area contributed by atoms with E-state index < -0.39 is 9.84 Å². The summed E-state index contributed by atoms with van der Waals surface area (Å²) in [5, 5.41) is 0. The molecule has 2 aromatic rings. The van der Waals surface area contributed by atoms with E-state index >= 15 is 0 Å². The number of rotatable bonds is 7. The van der Waals surface area contributed by atoms with Gasteiger partial charge >= 0.3 is 0 Å². The lowest BCUT2D eigenvalue weighted by Gasteiger charge is -2.16. The molecule has 1 aliphatic rings. The summed E-state index contributed by atoms with van der Waals surface area (Å²) in [7, 11) is -3.15. The van der Waals surface area contributed by atoms with Gasteiger partial charge in [0.25, 0.3) is 0 Å². The Labute approximate surface area is 150 Å². The van der Waals surface area contributed by atoms with Crippen LogP contribution in [0.15, 0.2) is 59.5 Å². The van der Waals surface area contributed by atoms with E-state index in [2.05, 4.69) is 35.2 Å². The molecule has 1 fully saturated rings. The van der Waals surface area contributed by atoms with Crippen molar-refractivity contribution in [2.24, 2.45) is 0 Å². The van der Waals surface area contributed by atoms with E-state index in [1.54, 1.807) is 24.3 Å². The second kappa shape index (κ2) is 8.02. The molecule has 0 saturated carbocycles. The van der Waals surface area contributed by atoms with Crippen LogP contribution in [-0.4, -0.2) is 45.8 Å². The third-order valence-corrected chi connectivity index (χ3v) is 5.81. The van der Waals surface area contributed by atoms with E-state index in [4.69, 9.17) is 4.74 Å². The fraction of sp³-hybridized carbons (Fsp3) is 0.400. The zero-order valence-electron chi connectivity index (χ0n) is 14.6. The van der Waals surface area contributed by atoms with Crippen LogP contribution in [-0.2, 0) is 9.84 Å². The highest BCUT2D eigenvalue weighted by atomic mass is 32.2. The Morgan fingerprint density at radius 2 is 1.80 bits per heavy atom. The van der Waals surface area contributed by atoms with Crippen molar-refractivity contribution in [3.63, 3.8) is 0 Å². The maximum absolute atomic E-state index is 11.4. The Bertz CT molecular complexity index is 772. The van der Waals surface area contributed by atoms with Crippen molar-refractivity contribution in [1.82, 2.24) is 4.90 Å². The maximum Gasteiger partial charge on any atom is 0.175 e. The predicted octanol–water partition coefficient (Wildman–Crippen LogP) is 3.35. The standard InChI is InChI=1S/C20H25NO3S/c1-25(22,23)20-10-8-19(9-11-20)24-15-5-13-21-14-12-18(16-21)17-6-3-2-4-7-17/h2-4,6-11,18H,5,12-16H2,1H3. The first-order valence-corrected chi connectivity index (χ1v) is 10.6. The number of hydrogen-bond acceptors (Lipinski definition) is 4. The first-order chi connectivity index (χ1) is 12.0. The van der Waals surface area contributed by atoms with Gasteiger partial charge < -0.3 is 9.64 Å². The zero-order valence-corrected chi connectivity index (χ0v) is 15.4. The van der Waals surface area contributed by atoms with Crippen molar-refractivity contribution in [2.75, 3.05) is 32.5 Å². The maximum atomic E-state index is 11.4. The summed E-state index contributed by atoms with van der Waals surface area (Å²) in [5.41, 5.74) is 1.44. The third-order valence-electron chi connectivity index (χ3n) is 4.68. The number of likely N-dealkylation sites (tertiary alicyclic amines) is 1. The van der Waals surface area contributed by atoms with E-state index in [0.717, 1.165) is 31.8 Å². The van der Waals surface area contributed by atoms with Gasteiger partial charge in [0.15, 0.2) is 9.84 Å². The summed E-state index contributed by atoms with van der Waals surface area (Å²) in [5.74, 6) is 1.36. The van der Waals surface area contributed by atoms with Gasteiger partial charge in [-0.05, 0) is 55.1 Å². The second-order valence-electron chi connectivity index (χ2n) is 6.64. The fourth-order valence-electron chi connectivity index (χ4n) is 3.29. The number of sulfone groups is 1. The van der Waals surface area contributed by atoms with E-state index in [0.29, 0.717) is 17.4 Å². The SMILES string of the molecule is CS(=O)(=O)c1ccc(OCCCN2CCC(c3ccccc3)C2)cc1. The van der Waals surface area contributed by atoms with Gasteiger partial charge in [0.05, 0.1) is 11.5 Å². The Morgan fingerprint density at radius 1 is 1.08 bits per heavy atom. The van der Waals surface area contributed by atoms with Crippen molar-refractivity contribution < 1.29 is 13.2 Å².